The molecule has 0 atom stereocenters. The number of aromatic nitrogens is 2. The first kappa shape index (κ1) is 19.0. The van der Waals surface area contributed by atoms with Crippen LogP contribution in [0.4, 0.5) is 18.9 Å². The van der Waals surface area contributed by atoms with Gasteiger partial charge >= 0.3 is 6.18 Å². The molecule has 0 radical (unpaired) electrons. The number of halogens is 4. The highest BCUT2D eigenvalue weighted by molar-refractivity contribution is 6.34. The number of carbonyl (C=O) groups is 1. The normalized spacial score (nSPS) is 11.6. The second-order valence-electron chi connectivity index (χ2n) is 6.32. The topological polar surface area (TPSA) is 46.4 Å². The van der Waals surface area contributed by atoms with Gasteiger partial charge in [0.05, 0.1) is 22.0 Å². The maximum atomic E-state index is 12.9. The van der Waals surface area contributed by atoms with E-state index in [0.29, 0.717) is 5.65 Å². The van der Waals surface area contributed by atoms with Gasteiger partial charge in [-0.25, -0.2) is 4.98 Å². The van der Waals surface area contributed by atoms with Crippen LogP contribution < -0.4 is 5.32 Å². The molecule has 8 heteroatoms. The second-order valence-corrected chi connectivity index (χ2v) is 6.73. The largest absolute Gasteiger partial charge is 0.416 e. The van der Waals surface area contributed by atoms with Gasteiger partial charge in [-0.2, -0.15) is 13.2 Å². The highest BCUT2D eigenvalue weighted by Crippen LogP contribution is 2.34. The van der Waals surface area contributed by atoms with Crippen molar-refractivity contribution in [1.82, 2.24) is 9.38 Å². The first-order valence-corrected chi connectivity index (χ1v) is 8.91. The van der Waals surface area contributed by atoms with E-state index in [-0.39, 0.29) is 16.3 Å². The summed E-state index contributed by atoms with van der Waals surface area (Å²) in [6, 6.07) is 15.4. The van der Waals surface area contributed by atoms with Gasteiger partial charge in [0.2, 0.25) is 0 Å². The third-order valence-corrected chi connectivity index (χ3v) is 4.66. The molecule has 0 unspecified atom stereocenters. The monoisotopic (exact) mass is 415 g/mol. The van der Waals surface area contributed by atoms with Gasteiger partial charge in [0.25, 0.3) is 5.91 Å². The van der Waals surface area contributed by atoms with E-state index in [2.05, 4.69) is 10.3 Å². The lowest BCUT2D eigenvalue weighted by Gasteiger charge is -2.11. The molecule has 29 heavy (non-hydrogen) atoms. The lowest BCUT2D eigenvalue weighted by molar-refractivity contribution is -0.137. The number of pyridine rings is 1. The van der Waals surface area contributed by atoms with Crippen molar-refractivity contribution >= 4 is 28.8 Å². The van der Waals surface area contributed by atoms with Crippen LogP contribution in [0.25, 0.3) is 16.9 Å². The fourth-order valence-electron chi connectivity index (χ4n) is 2.86. The number of carbonyl (C=O) groups excluding carboxylic acids is 1. The average molecular weight is 416 g/mol. The van der Waals surface area contributed by atoms with Crippen molar-refractivity contribution in [2.45, 2.75) is 6.18 Å². The molecule has 1 amide bonds. The number of anilines is 1. The number of imidazole rings is 1. The van der Waals surface area contributed by atoms with Crippen LogP contribution in [0.3, 0.4) is 0 Å². The number of rotatable bonds is 3. The Labute approximate surface area is 168 Å². The number of fused-ring (bicyclic) bond motifs is 1. The average Bonchev–Trinajstić information content (AvgIpc) is 3.13. The number of nitrogens with zero attached hydrogens (tertiary/aromatic N) is 2. The Morgan fingerprint density at radius 1 is 1.03 bits per heavy atom. The third-order valence-electron chi connectivity index (χ3n) is 4.33. The minimum Gasteiger partial charge on any atom is -0.321 e. The Morgan fingerprint density at radius 3 is 2.52 bits per heavy atom. The zero-order valence-corrected chi connectivity index (χ0v) is 15.5. The van der Waals surface area contributed by atoms with Gasteiger partial charge in [0, 0.05) is 23.5 Å². The number of alkyl halides is 3. The minimum absolute atomic E-state index is 0.0135. The maximum absolute atomic E-state index is 12.9. The van der Waals surface area contributed by atoms with Crippen molar-refractivity contribution in [1.29, 1.82) is 0 Å². The van der Waals surface area contributed by atoms with Crippen LogP contribution >= 0.6 is 11.6 Å². The number of nitrogens with one attached hydrogen (secondary N) is 1. The highest BCUT2D eigenvalue weighted by Gasteiger charge is 2.31. The fourth-order valence-corrected chi connectivity index (χ4v) is 3.03. The Bertz CT molecular complexity index is 1200. The van der Waals surface area contributed by atoms with Crippen LogP contribution in [0.2, 0.25) is 5.02 Å². The van der Waals surface area contributed by atoms with E-state index in [1.54, 1.807) is 22.7 Å². The number of hydrogen-bond donors (Lipinski definition) is 1. The SMILES string of the molecule is O=C(Nc1cc(C(F)(F)F)ccc1Cl)c1ccn2cc(-c3ccccc3)nc2c1. The van der Waals surface area contributed by atoms with Crippen molar-refractivity contribution in [3.63, 3.8) is 0 Å². The molecule has 4 aromatic rings. The fraction of sp³-hybridized carbons (Fsp3) is 0.0476. The summed E-state index contributed by atoms with van der Waals surface area (Å²) in [4.78, 5) is 17.1. The molecule has 0 saturated heterocycles. The van der Waals surface area contributed by atoms with Crippen molar-refractivity contribution in [3.8, 4) is 11.3 Å². The van der Waals surface area contributed by atoms with Gasteiger partial charge in [-0.15, -0.1) is 0 Å². The Morgan fingerprint density at radius 2 is 1.79 bits per heavy atom. The molecule has 0 saturated carbocycles. The lowest BCUT2D eigenvalue weighted by Crippen LogP contribution is -2.14. The molecule has 0 aliphatic carbocycles. The number of benzene rings is 2. The molecular weight excluding hydrogens is 403 g/mol. The molecule has 2 aromatic heterocycles. The zero-order valence-electron chi connectivity index (χ0n) is 14.7. The van der Waals surface area contributed by atoms with Gasteiger partial charge < -0.3 is 9.72 Å². The van der Waals surface area contributed by atoms with Crippen molar-refractivity contribution in [2.75, 3.05) is 5.32 Å². The summed E-state index contributed by atoms with van der Waals surface area (Å²) >= 11 is 5.95. The molecule has 0 fully saturated rings. The molecule has 4 nitrogen and oxygen atoms in total. The van der Waals surface area contributed by atoms with Gasteiger partial charge in [-0.1, -0.05) is 41.9 Å². The molecule has 2 heterocycles. The molecule has 4 rings (SSSR count). The first-order chi connectivity index (χ1) is 13.8. The third kappa shape index (κ3) is 3.95. The summed E-state index contributed by atoms with van der Waals surface area (Å²) in [7, 11) is 0. The van der Waals surface area contributed by atoms with Crippen LogP contribution in [0.5, 0.6) is 0 Å². The standard InChI is InChI=1S/C21H13ClF3N3O/c22-16-7-6-15(21(23,24)25)11-17(16)27-20(29)14-8-9-28-12-18(26-19(28)10-14)13-4-2-1-3-5-13/h1-12H,(H,27,29). The van der Waals surface area contributed by atoms with Gasteiger partial charge in [-0.3, -0.25) is 4.79 Å². The van der Waals surface area contributed by atoms with Crippen LogP contribution in [0.15, 0.2) is 73.1 Å². The van der Waals surface area contributed by atoms with Gasteiger partial charge in [0.15, 0.2) is 0 Å². The molecule has 1 N–H and O–H groups in total. The lowest BCUT2D eigenvalue weighted by atomic mass is 10.2. The van der Waals surface area contributed by atoms with E-state index in [1.807, 2.05) is 36.5 Å². The van der Waals surface area contributed by atoms with E-state index in [0.717, 1.165) is 29.5 Å². The van der Waals surface area contributed by atoms with Crippen molar-refractivity contribution < 1.29 is 18.0 Å². The molecule has 0 aliphatic rings. The zero-order chi connectivity index (χ0) is 20.6. The predicted octanol–water partition coefficient (Wildman–Crippen LogP) is 5.93. The number of hydrogen-bond acceptors (Lipinski definition) is 2. The minimum atomic E-state index is -4.54. The van der Waals surface area contributed by atoms with E-state index in [4.69, 9.17) is 11.6 Å². The highest BCUT2D eigenvalue weighted by atomic mass is 35.5. The van der Waals surface area contributed by atoms with Crippen molar-refractivity contribution in [2.24, 2.45) is 0 Å². The van der Waals surface area contributed by atoms with Crippen LogP contribution in [0.1, 0.15) is 15.9 Å². The smallest absolute Gasteiger partial charge is 0.321 e. The van der Waals surface area contributed by atoms with Crippen molar-refractivity contribution in [3.05, 3.63) is 89.2 Å². The Kier molecular flexibility index (Phi) is 4.76. The summed E-state index contributed by atoms with van der Waals surface area (Å²) in [5.74, 6) is -0.585. The predicted molar refractivity (Wildman–Crippen MR) is 105 cm³/mol. The molecule has 0 spiro atoms. The van der Waals surface area contributed by atoms with Crippen LogP contribution in [0, 0.1) is 0 Å². The van der Waals surface area contributed by atoms with E-state index in [1.165, 1.54) is 0 Å². The van der Waals surface area contributed by atoms with E-state index in [9.17, 15) is 18.0 Å². The summed E-state index contributed by atoms with van der Waals surface area (Å²) in [6.45, 7) is 0. The first-order valence-electron chi connectivity index (χ1n) is 8.53. The molecule has 0 bridgehead atoms. The summed E-state index contributed by atoms with van der Waals surface area (Å²) < 4.78 is 40.5. The second kappa shape index (κ2) is 7.25. The maximum Gasteiger partial charge on any atom is 0.416 e. The summed E-state index contributed by atoms with van der Waals surface area (Å²) in [5.41, 5.74) is 1.44. The van der Waals surface area contributed by atoms with E-state index >= 15 is 0 Å². The quantitative estimate of drug-likeness (QED) is 0.451. The number of amides is 1. The summed E-state index contributed by atoms with van der Waals surface area (Å²) in [6.07, 6.45) is -1.04. The summed E-state index contributed by atoms with van der Waals surface area (Å²) in [5, 5.41) is 2.45. The van der Waals surface area contributed by atoms with Gasteiger partial charge in [-0.05, 0) is 30.3 Å². The molecule has 146 valence electrons. The molecular formula is C21H13ClF3N3O. The van der Waals surface area contributed by atoms with Crippen LogP contribution in [-0.4, -0.2) is 15.3 Å². The Balaban J connectivity index is 1.62. The molecule has 0 aliphatic heterocycles. The van der Waals surface area contributed by atoms with Gasteiger partial charge in [0.1, 0.15) is 5.65 Å². The molecule has 2 aromatic carbocycles. The van der Waals surface area contributed by atoms with Crippen LogP contribution in [-0.2, 0) is 6.18 Å². The van der Waals surface area contributed by atoms with E-state index < -0.39 is 17.6 Å². The Hall–Kier alpha value is -3.32.